The minimum atomic E-state index is -1.14. The standard InChI is InChI=1S/C21H19F2N3O3S/c1-12-3-5-15(6-4-12)29-10-21-25-14(11-30-21)7-20(28)26-19-9-17(23)16(22)8-18(19)24-13(2)27/h3-6,8-9,11H,7,10H2,1-2H3,(H,24,27)(H,26,28). The molecule has 1 heterocycles. The van der Waals surface area contributed by atoms with E-state index in [9.17, 15) is 18.4 Å². The maximum Gasteiger partial charge on any atom is 0.230 e. The Labute approximate surface area is 175 Å². The molecule has 9 heteroatoms. The third-order valence-corrected chi connectivity index (χ3v) is 4.84. The Kier molecular flexibility index (Phi) is 6.73. The Hall–Kier alpha value is -3.33. The molecule has 2 amide bonds. The van der Waals surface area contributed by atoms with Crippen molar-refractivity contribution >= 4 is 34.5 Å². The number of thiazole rings is 1. The molecule has 2 N–H and O–H groups in total. The van der Waals surface area contributed by atoms with Crippen LogP contribution in [0.3, 0.4) is 0 Å². The Morgan fingerprint density at radius 3 is 2.33 bits per heavy atom. The molecular weight excluding hydrogens is 412 g/mol. The predicted octanol–water partition coefficient (Wildman–Crippen LogP) is 4.45. The van der Waals surface area contributed by atoms with Gasteiger partial charge in [0.15, 0.2) is 11.6 Å². The molecule has 0 fully saturated rings. The number of hydrogen-bond acceptors (Lipinski definition) is 5. The van der Waals surface area contributed by atoms with Gasteiger partial charge in [0.25, 0.3) is 0 Å². The van der Waals surface area contributed by atoms with Crippen molar-refractivity contribution in [2.75, 3.05) is 10.6 Å². The molecule has 0 saturated carbocycles. The zero-order valence-electron chi connectivity index (χ0n) is 16.3. The maximum absolute atomic E-state index is 13.6. The lowest BCUT2D eigenvalue weighted by atomic mass is 10.2. The van der Waals surface area contributed by atoms with Gasteiger partial charge in [-0.3, -0.25) is 9.59 Å². The summed E-state index contributed by atoms with van der Waals surface area (Å²) in [5.74, 6) is -2.50. The van der Waals surface area contributed by atoms with Crippen LogP contribution in [0, 0.1) is 18.6 Å². The summed E-state index contributed by atoms with van der Waals surface area (Å²) in [5.41, 5.74) is 1.59. The number of amides is 2. The normalized spacial score (nSPS) is 10.5. The molecule has 6 nitrogen and oxygen atoms in total. The molecule has 0 aliphatic carbocycles. The number of nitrogens with one attached hydrogen (secondary N) is 2. The molecule has 0 radical (unpaired) electrons. The Bertz CT molecular complexity index is 1070. The highest BCUT2D eigenvalue weighted by atomic mass is 32.1. The summed E-state index contributed by atoms with van der Waals surface area (Å²) in [6.45, 7) is 3.48. The number of aromatic nitrogens is 1. The minimum Gasteiger partial charge on any atom is -0.486 e. The minimum absolute atomic E-state index is 0.0276. The second kappa shape index (κ2) is 9.45. The summed E-state index contributed by atoms with van der Waals surface area (Å²) in [4.78, 5) is 27.9. The number of hydrogen-bond donors (Lipinski definition) is 2. The van der Waals surface area contributed by atoms with Crippen LogP contribution in [0.1, 0.15) is 23.2 Å². The highest BCUT2D eigenvalue weighted by Gasteiger charge is 2.15. The highest BCUT2D eigenvalue weighted by molar-refractivity contribution is 7.09. The first-order valence-corrected chi connectivity index (χ1v) is 9.87. The molecule has 0 bridgehead atoms. The number of nitrogens with zero attached hydrogens (tertiary/aromatic N) is 1. The van der Waals surface area contributed by atoms with Gasteiger partial charge in [0.05, 0.1) is 23.5 Å². The number of rotatable bonds is 7. The van der Waals surface area contributed by atoms with E-state index in [4.69, 9.17) is 4.74 Å². The van der Waals surface area contributed by atoms with Crippen LogP contribution in [-0.2, 0) is 22.6 Å². The number of aryl methyl sites for hydroxylation is 1. The molecule has 0 spiro atoms. The van der Waals surface area contributed by atoms with Gasteiger partial charge in [-0.05, 0) is 19.1 Å². The molecule has 0 unspecified atom stereocenters. The lowest BCUT2D eigenvalue weighted by Gasteiger charge is -2.12. The van der Waals surface area contributed by atoms with Crippen LogP contribution >= 0.6 is 11.3 Å². The summed E-state index contributed by atoms with van der Waals surface area (Å²) in [6, 6.07) is 9.26. The predicted molar refractivity (Wildman–Crippen MR) is 111 cm³/mol. The largest absolute Gasteiger partial charge is 0.486 e. The fraction of sp³-hybridized carbons (Fsp3) is 0.190. The van der Waals surface area contributed by atoms with Crippen LogP contribution in [0.2, 0.25) is 0 Å². The van der Waals surface area contributed by atoms with Gasteiger partial charge < -0.3 is 15.4 Å². The van der Waals surface area contributed by atoms with E-state index in [1.54, 1.807) is 5.38 Å². The van der Waals surface area contributed by atoms with Crippen molar-refractivity contribution in [2.24, 2.45) is 0 Å². The quantitative estimate of drug-likeness (QED) is 0.579. The molecule has 30 heavy (non-hydrogen) atoms. The Balaban J connectivity index is 1.61. The number of halogens is 2. The fourth-order valence-electron chi connectivity index (χ4n) is 2.58. The van der Waals surface area contributed by atoms with Gasteiger partial charge in [-0.2, -0.15) is 0 Å². The number of ether oxygens (including phenoxy) is 1. The van der Waals surface area contributed by atoms with Crippen molar-refractivity contribution in [3.05, 3.63) is 69.7 Å². The molecule has 0 atom stereocenters. The van der Waals surface area contributed by atoms with E-state index in [2.05, 4.69) is 15.6 Å². The average Bonchev–Trinajstić information content (AvgIpc) is 3.12. The zero-order chi connectivity index (χ0) is 21.7. The lowest BCUT2D eigenvalue weighted by Crippen LogP contribution is -2.17. The topological polar surface area (TPSA) is 80.3 Å². The summed E-state index contributed by atoms with van der Waals surface area (Å²) in [5, 5.41) is 7.27. The molecule has 2 aromatic carbocycles. The lowest BCUT2D eigenvalue weighted by molar-refractivity contribution is -0.116. The fourth-order valence-corrected chi connectivity index (χ4v) is 3.28. The smallest absolute Gasteiger partial charge is 0.230 e. The van der Waals surface area contributed by atoms with Crippen LogP contribution in [0.4, 0.5) is 20.2 Å². The first kappa shape index (κ1) is 21.4. The first-order chi connectivity index (χ1) is 14.3. The van der Waals surface area contributed by atoms with E-state index >= 15 is 0 Å². The monoisotopic (exact) mass is 431 g/mol. The van der Waals surface area contributed by atoms with Crippen molar-refractivity contribution in [3.63, 3.8) is 0 Å². The van der Waals surface area contributed by atoms with Crippen LogP contribution in [0.5, 0.6) is 5.75 Å². The maximum atomic E-state index is 13.6. The van der Waals surface area contributed by atoms with Gasteiger partial charge in [0.1, 0.15) is 17.4 Å². The number of benzene rings is 2. The highest BCUT2D eigenvalue weighted by Crippen LogP contribution is 2.25. The van der Waals surface area contributed by atoms with Gasteiger partial charge >= 0.3 is 0 Å². The summed E-state index contributed by atoms with van der Waals surface area (Å²) in [7, 11) is 0. The van der Waals surface area contributed by atoms with Crippen LogP contribution < -0.4 is 15.4 Å². The summed E-state index contributed by atoms with van der Waals surface area (Å²) >= 11 is 1.35. The molecule has 1 aromatic heterocycles. The van der Waals surface area contributed by atoms with Crippen molar-refractivity contribution < 1.29 is 23.1 Å². The van der Waals surface area contributed by atoms with Crippen LogP contribution in [0.15, 0.2) is 41.8 Å². The van der Waals surface area contributed by atoms with E-state index < -0.39 is 23.4 Å². The Morgan fingerprint density at radius 2 is 1.70 bits per heavy atom. The van der Waals surface area contributed by atoms with Crippen molar-refractivity contribution in [1.29, 1.82) is 0 Å². The summed E-state index contributed by atoms with van der Waals surface area (Å²) in [6.07, 6.45) is -0.0699. The second-order valence-corrected chi connectivity index (χ2v) is 7.50. The molecular formula is C21H19F2N3O3S. The van der Waals surface area contributed by atoms with E-state index in [-0.39, 0.29) is 24.4 Å². The zero-order valence-corrected chi connectivity index (χ0v) is 17.1. The SMILES string of the molecule is CC(=O)Nc1cc(F)c(F)cc1NC(=O)Cc1csc(COc2ccc(C)cc2)n1. The Morgan fingerprint density at radius 1 is 1.07 bits per heavy atom. The first-order valence-electron chi connectivity index (χ1n) is 8.99. The van der Waals surface area contributed by atoms with Gasteiger partial charge in [0.2, 0.25) is 11.8 Å². The van der Waals surface area contributed by atoms with E-state index in [0.29, 0.717) is 10.7 Å². The number of anilines is 2. The van der Waals surface area contributed by atoms with Gasteiger partial charge in [0, 0.05) is 24.4 Å². The molecule has 0 aliphatic rings. The molecule has 0 aliphatic heterocycles. The van der Waals surface area contributed by atoms with Crippen molar-refractivity contribution in [1.82, 2.24) is 4.98 Å². The third kappa shape index (κ3) is 5.84. The van der Waals surface area contributed by atoms with Gasteiger partial charge in [-0.25, -0.2) is 13.8 Å². The van der Waals surface area contributed by atoms with Crippen LogP contribution in [0.25, 0.3) is 0 Å². The average molecular weight is 431 g/mol. The molecule has 3 rings (SSSR count). The van der Waals surface area contributed by atoms with E-state index in [0.717, 1.165) is 23.4 Å². The van der Waals surface area contributed by atoms with Gasteiger partial charge in [-0.1, -0.05) is 17.7 Å². The van der Waals surface area contributed by atoms with E-state index in [1.165, 1.54) is 18.3 Å². The number of carbonyl (C=O) groups is 2. The van der Waals surface area contributed by atoms with E-state index in [1.807, 2.05) is 31.2 Å². The molecule has 3 aromatic rings. The number of carbonyl (C=O) groups excluding carboxylic acids is 2. The summed E-state index contributed by atoms with van der Waals surface area (Å²) < 4.78 is 32.7. The van der Waals surface area contributed by atoms with Gasteiger partial charge in [-0.15, -0.1) is 11.3 Å². The van der Waals surface area contributed by atoms with Crippen molar-refractivity contribution in [3.8, 4) is 5.75 Å². The second-order valence-electron chi connectivity index (χ2n) is 6.55. The van der Waals surface area contributed by atoms with Crippen LogP contribution in [-0.4, -0.2) is 16.8 Å². The molecule has 0 saturated heterocycles. The van der Waals surface area contributed by atoms with Crippen molar-refractivity contribution in [2.45, 2.75) is 26.9 Å². The molecule has 156 valence electrons. The third-order valence-electron chi connectivity index (χ3n) is 3.97.